The lowest BCUT2D eigenvalue weighted by Gasteiger charge is -2.41. The minimum absolute atomic E-state index is 0.0189. The number of aromatic nitrogens is 1. The fourth-order valence-corrected chi connectivity index (χ4v) is 9.05. The number of anilines is 1. The molecule has 1 aromatic heterocycles. The van der Waals surface area contributed by atoms with Crippen molar-refractivity contribution in [2.24, 2.45) is 11.8 Å². The average Bonchev–Trinajstić information content (AvgIpc) is 3.50. The number of para-hydroxylation sites is 1. The molecule has 57 heavy (non-hydrogen) atoms. The van der Waals surface area contributed by atoms with Gasteiger partial charge in [0.05, 0.1) is 12.1 Å². The van der Waals surface area contributed by atoms with Gasteiger partial charge in [0.15, 0.2) is 11.7 Å². The number of hydrogen-bond donors (Lipinski definition) is 2. The van der Waals surface area contributed by atoms with E-state index in [0.29, 0.717) is 88.2 Å². The largest absolute Gasteiger partial charge is 0.463 e. The van der Waals surface area contributed by atoms with Crippen LogP contribution in [-0.2, 0) is 31.9 Å². The van der Waals surface area contributed by atoms with Crippen molar-refractivity contribution in [2.45, 2.75) is 70.4 Å². The van der Waals surface area contributed by atoms with Crippen LogP contribution in [0.1, 0.15) is 55.2 Å². The molecule has 7 rings (SSSR count). The normalized spacial score (nSPS) is 19.6. The van der Waals surface area contributed by atoms with Gasteiger partial charge in [-0.1, -0.05) is 24.3 Å². The van der Waals surface area contributed by atoms with E-state index in [1.807, 2.05) is 66.1 Å². The molecule has 2 aromatic carbocycles. The van der Waals surface area contributed by atoms with Gasteiger partial charge in [-0.2, -0.15) is 0 Å². The number of fused-ring (bicyclic) bond motifs is 2. The molecule has 5 heterocycles. The van der Waals surface area contributed by atoms with Crippen molar-refractivity contribution >= 4 is 40.8 Å². The number of esters is 1. The number of amides is 4. The third-order valence-corrected chi connectivity index (χ3v) is 12.3. The maximum atomic E-state index is 14.3. The Balaban J connectivity index is 0.946. The van der Waals surface area contributed by atoms with Crippen molar-refractivity contribution in [1.82, 2.24) is 29.5 Å². The molecule has 4 aliphatic heterocycles. The maximum Gasteiger partial charge on any atom is 0.417 e. The Labute approximate surface area is 333 Å². The summed E-state index contributed by atoms with van der Waals surface area (Å²) >= 11 is 0. The third kappa shape index (κ3) is 9.98. The molecule has 308 valence electrons. The minimum Gasteiger partial charge on any atom is -0.463 e. The Hall–Kier alpha value is -4.89. The van der Waals surface area contributed by atoms with Gasteiger partial charge in [-0.15, -0.1) is 0 Å². The van der Waals surface area contributed by atoms with Crippen molar-refractivity contribution in [3.05, 3.63) is 63.6 Å². The van der Waals surface area contributed by atoms with Crippen molar-refractivity contribution in [2.75, 3.05) is 84.9 Å². The maximum absolute atomic E-state index is 14.3. The molecule has 0 saturated carbocycles. The number of hydrogen-bond acceptors (Lipinski definition) is 10. The number of aryl methyl sites for hydroxylation is 1. The van der Waals surface area contributed by atoms with Gasteiger partial charge in [0.25, 0.3) is 5.91 Å². The summed E-state index contributed by atoms with van der Waals surface area (Å²) in [4.78, 5) is 77.7. The van der Waals surface area contributed by atoms with E-state index < -0.39 is 18.0 Å². The zero-order valence-corrected chi connectivity index (χ0v) is 33.5. The van der Waals surface area contributed by atoms with Gasteiger partial charge in [-0.05, 0) is 120 Å². The number of carbonyl (C=O) groups is 4. The van der Waals surface area contributed by atoms with Crippen LogP contribution in [0.5, 0.6) is 0 Å². The van der Waals surface area contributed by atoms with Crippen molar-refractivity contribution < 1.29 is 33.1 Å². The molecule has 1 atom stereocenters. The highest BCUT2D eigenvalue weighted by Crippen LogP contribution is 2.33. The fraction of sp³-hybridized carbons (Fsp3) is 0.595. The molecule has 2 N–H and O–H groups in total. The lowest BCUT2D eigenvalue weighted by molar-refractivity contribution is -0.145. The van der Waals surface area contributed by atoms with E-state index in [4.69, 9.17) is 13.9 Å². The van der Waals surface area contributed by atoms with E-state index in [9.17, 15) is 24.0 Å². The monoisotopic (exact) mass is 787 g/mol. The van der Waals surface area contributed by atoms with Crippen LogP contribution in [-0.4, -0.2) is 145 Å². The van der Waals surface area contributed by atoms with Gasteiger partial charge in [0.1, 0.15) is 6.61 Å². The third-order valence-electron chi connectivity index (χ3n) is 12.3. The summed E-state index contributed by atoms with van der Waals surface area (Å²) in [7, 11) is 3.90. The molecular weight excluding hydrogens is 731 g/mol. The second kappa shape index (κ2) is 18.1. The number of nitrogens with zero attached hydrogens (tertiary/aromatic N) is 5. The quantitative estimate of drug-likeness (QED) is 0.271. The number of H-pyrrole nitrogens is 1. The molecule has 15 heteroatoms. The smallest absolute Gasteiger partial charge is 0.417 e. The standard InChI is InChI=1S/C42H57N7O8/c1-28-24-29(25-35-38(28)44-41(53)56-35)26-36(57-42(54)48-19-13-33(14-20-48)49-21-12-32-6-4-5-7-34(32)43-40(49)52)39(51)47-17-10-31(11-18-47)30-8-15-46(16-9-30)27-37(50)55-23-22-45(2)3/h4-7,24-25,30-31,33,36H,8-23,26-27H2,1-3H3,(H,43,52)(H,44,53)/t36-/m1/s1. The van der Waals surface area contributed by atoms with Crippen molar-refractivity contribution in [1.29, 1.82) is 0 Å². The first-order chi connectivity index (χ1) is 27.5. The van der Waals surface area contributed by atoms with E-state index in [1.54, 1.807) is 11.0 Å². The summed E-state index contributed by atoms with van der Waals surface area (Å²) in [5.74, 6) is 0.0480. The summed E-state index contributed by atoms with van der Waals surface area (Å²) in [6.07, 6.45) is 4.24. The Morgan fingerprint density at radius 2 is 1.58 bits per heavy atom. The second-order valence-electron chi connectivity index (χ2n) is 16.4. The highest BCUT2D eigenvalue weighted by molar-refractivity contribution is 5.91. The molecule has 4 amide bonds. The number of oxazole rings is 1. The number of nitrogens with one attached hydrogen (secondary N) is 2. The first kappa shape index (κ1) is 40.3. The highest BCUT2D eigenvalue weighted by Gasteiger charge is 2.37. The summed E-state index contributed by atoms with van der Waals surface area (Å²) < 4.78 is 16.9. The first-order valence-corrected chi connectivity index (χ1v) is 20.6. The molecule has 4 aliphatic rings. The average molecular weight is 788 g/mol. The van der Waals surface area contributed by atoms with Crippen LogP contribution in [0.2, 0.25) is 0 Å². The van der Waals surface area contributed by atoms with E-state index in [0.717, 1.165) is 67.6 Å². The Morgan fingerprint density at radius 3 is 2.30 bits per heavy atom. The minimum atomic E-state index is -1.06. The number of likely N-dealkylation sites (N-methyl/N-ethyl adjacent to an activating group) is 1. The van der Waals surface area contributed by atoms with Gasteiger partial charge in [-0.3, -0.25) is 19.5 Å². The predicted octanol–water partition coefficient (Wildman–Crippen LogP) is 4.09. The summed E-state index contributed by atoms with van der Waals surface area (Å²) in [6.45, 7) is 7.56. The molecule has 3 aromatic rings. The zero-order chi connectivity index (χ0) is 40.1. The molecule has 0 radical (unpaired) electrons. The number of benzene rings is 2. The van der Waals surface area contributed by atoms with Gasteiger partial charge >= 0.3 is 23.8 Å². The van der Waals surface area contributed by atoms with E-state index in [-0.39, 0.29) is 30.4 Å². The molecule has 15 nitrogen and oxygen atoms in total. The Kier molecular flexibility index (Phi) is 12.8. The molecule has 3 fully saturated rings. The number of urea groups is 1. The molecule has 0 unspecified atom stereocenters. The lowest BCUT2D eigenvalue weighted by atomic mass is 9.78. The number of ether oxygens (including phenoxy) is 2. The zero-order valence-electron chi connectivity index (χ0n) is 33.5. The van der Waals surface area contributed by atoms with Gasteiger partial charge in [0.2, 0.25) is 0 Å². The van der Waals surface area contributed by atoms with Crippen molar-refractivity contribution in [3.63, 3.8) is 0 Å². The first-order valence-electron chi connectivity index (χ1n) is 20.6. The Morgan fingerprint density at radius 1 is 0.895 bits per heavy atom. The number of likely N-dealkylation sites (tertiary alicyclic amines) is 3. The molecular formula is C42H57N7O8. The fourth-order valence-electron chi connectivity index (χ4n) is 9.05. The van der Waals surface area contributed by atoms with E-state index >= 15 is 0 Å². The van der Waals surface area contributed by atoms with Gasteiger partial charge in [-0.25, -0.2) is 14.4 Å². The SMILES string of the molecule is Cc1cc(C[C@@H](OC(=O)N2CCC(N3CCc4ccccc4NC3=O)CC2)C(=O)N2CCC(C3CCN(CC(=O)OCCN(C)C)CC3)CC2)cc2oc(=O)[nH]c12. The lowest BCUT2D eigenvalue weighted by Crippen LogP contribution is -2.52. The summed E-state index contributed by atoms with van der Waals surface area (Å²) in [5, 5.41) is 3.05. The summed E-state index contributed by atoms with van der Waals surface area (Å²) in [5.41, 5.74) is 4.46. The van der Waals surface area contributed by atoms with Crippen LogP contribution in [0.4, 0.5) is 15.3 Å². The predicted molar refractivity (Wildman–Crippen MR) is 214 cm³/mol. The number of piperidine rings is 3. The second-order valence-corrected chi connectivity index (χ2v) is 16.4. The number of aromatic amines is 1. The van der Waals surface area contributed by atoms with Crippen LogP contribution in [0, 0.1) is 18.8 Å². The van der Waals surface area contributed by atoms with Crippen LogP contribution in [0.25, 0.3) is 11.1 Å². The Bertz CT molecular complexity index is 1950. The topological polar surface area (TPSA) is 161 Å². The number of carbonyl (C=O) groups excluding carboxylic acids is 4. The highest BCUT2D eigenvalue weighted by atomic mass is 16.6. The van der Waals surface area contributed by atoms with Crippen LogP contribution < -0.4 is 11.1 Å². The van der Waals surface area contributed by atoms with Crippen LogP contribution in [0.3, 0.4) is 0 Å². The number of rotatable bonds is 11. The molecule has 3 saturated heterocycles. The van der Waals surface area contributed by atoms with Crippen molar-refractivity contribution in [3.8, 4) is 0 Å². The van der Waals surface area contributed by atoms with Crippen LogP contribution >= 0.6 is 0 Å². The van der Waals surface area contributed by atoms with Gasteiger partial charge < -0.3 is 38.8 Å². The van der Waals surface area contributed by atoms with Gasteiger partial charge in [0, 0.05) is 57.4 Å². The van der Waals surface area contributed by atoms with E-state index in [2.05, 4.69) is 15.2 Å². The molecule has 0 spiro atoms. The van der Waals surface area contributed by atoms with Crippen LogP contribution in [0.15, 0.2) is 45.6 Å². The summed E-state index contributed by atoms with van der Waals surface area (Å²) in [6, 6.07) is 11.3. The van der Waals surface area contributed by atoms with E-state index in [1.165, 1.54) is 0 Å². The molecule has 0 aliphatic carbocycles. The molecule has 0 bridgehead atoms.